The maximum Gasteiger partial charge on any atom is 0.135 e. The highest BCUT2D eigenvalue weighted by molar-refractivity contribution is 6.31. The highest BCUT2D eigenvalue weighted by Gasteiger charge is 2.24. The molecular weight excluding hydrogens is 303 g/mol. The summed E-state index contributed by atoms with van der Waals surface area (Å²) >= 11 is 6.15. The first kappa shape index (κ1) is 15.4. The number of aryl methyl sites for hydroxylation is 1. The standard InChI is InChI=1S/C16H20ClFN4/c1-2-22-11-19-20-16(22)12-5-7-21(8-6-12)10-13-9-14(18)3-4-15(13)17/h3-4,9,11-12H,2,5-8,10H2,1H3. The molecule has 0 unspecified atom stereocenters. The molecular formula is C16H20ClFN4. The normalized spacial score (nSPS) is 17.0. The Hall–Kier alpha value is -1.46. The van der Waals surface area contributed by atoms with Gasteiger partial charge in [0.2, 0.25) is 0 Å². The Bertz CT molecular complexity index is 635. The van der Waals surface area contributed by atoms with Crippen LogP contribution in [0.4, 0.5) is 4.39 Å². The molecule has 1 saturated heterocycles. The lowest BCUT2D eigenvalue weighted by Crippen LogP contribution is -2.33. The molecule has 4 nitrogen and oxygen atoms in total. The van der Waals surface area contributed by atoms with Crippen molar-refractivity contribution < 1.29 is 4.39 Å². The largest absolute Gasteiger partial charge is 0.318 e. The van der Waals surface area contributed by atoms with Crippen LogP contribution in [-0.2, 0) is 13.1 Å². The van der Waals surface area contributed by atoms with Gasteiger partial charge >= 0.3 is 0 Å². The van der Waals surface area contributed by atoms with Crippen molar-refractivity contribution in [2.45, 2.75) is 38.8 Å². The van der Waals surface area contributed by atoms with Gasteiger partial charge in [0, 0.05) is 24.0 Å². The molecule has 0 saturated carbocycles. The first-order chi connectivity index (χ1) is 10.7. The number of likely N-dealkylation sites (tertiary alicyclic amines) is 1. The molecule has 1 aliphatic heterocycles. The SMILES string of the molecule is CCn1cnnc1C1CCN(Cc2cc(F)ccc2Cl)CC1. The van der Waals surface area contributed by atoms with Gasteiger partial charge in [0.25, 0.3) is 0 Å². The van der Waals surface area contributed by atoms with Gasteiger partial charge in [0.1, 0.15) is 18.0 Å². The summed E-state index contributed by atoms with van der Waals surface area (Å²) in [6.07, 6.45) is 3.89. The molecule has 6 heteroatoms. The van der Waals surface area contributed by atoms with Gasteiger partial charge in [-0.2, -0.15) is 0 Å². The van der Waals surface area contributed by atoms with Crippen LogP contribution in [0.25, 0.3) is 0 Å². The Morgan fingerprint density at radius 2 is 2.09 bits per heavy atom. The predicted molar refractivity (Wildman–Crippen MR) is 84.4 cm³/mol. The third-order valence-corrected chi connectivity index (χ3v) is 4.71. The molecule has 118 valence electrons. The van der Waals surface area contributed by atoms with E-state index >= 15 is 0 Å². The Labute approximate surface area is 134 Å². The quantitative estimate of drug-likeness (QED) is 0.864. The number of piperidine rings is 1. The van der Waals surface area contributed by atoms with E-state index in [0.717, 1.165) is 43.9 Å². The molecule has 1 fully saturated rings. The molecule has 1 aromatic carbocycles. The van der Waals surface area contributed by atoms with Gasteiger partial charge in [-0.05, 0) is 56.6 Å². The zero-order valence-electron chi connectivity index (χ0n) is 12.7. The van der Waals surface area contributed by atoms with Crippen molar-refractivity contribution in [3.05, 3.63) is 46.8 Å². The summed E-state index contributed by atoms with van der Waals surface area (Å²) in [5.41, 5.74) is 0.858. The number of hydrogen-bond acceptors (Lipinski definition) is 3. The lowest BCUT2D eigenvalue weighted by molar-refractivity contribution is 0.200. The maximum absolute atomic E-state index is 13.3. The number of nitrogens with zero attached hydrogens (tertiary/aromatic N) is 4. The molecule has 0 spiro atoms. The van der Waals surface area contributed by atoms with Gasteiger partial charge in [-0.25, -0.2) is 4.39 Å². The van der Waals surface area contributed by atoms with Crippen LogP contribution in [0.5, 0.6) is 0 Å². The van der Waals surface area contributed by atoms with E-state index < -0.39 is 0 Å². The fourth-order valence-electron chi connectivity index (χ4n) is 3.08. The zero-order chi connectivity index (χ0) is 15.5. The number of rotatable bonds is 4. The van der Waals surface area contributed by atoms with Gasteiger partial charge in [-0.15, -0.1) is 10.2 Å². The van der Waals surface area contributed by atoms with Crippen molar-refractivity contribution in [2.24, 2.45) is 0 Å². The molecule has 2 heterocycles. The molecule has 1 aromatic heterocycles. The molecule has 0 radical (unpaired) electrons. The Morgan fingerprint density at radius 1 is 1.32 bits per heavy atom. The van der Waals surface area contributed by atoms with E-state index in [1.807, 2.05) is 0 Å². The molecule has 0 N–H and O–H groups in total. The topological polar surface area (TPSA) is 34.0 Å². The van der Waals surface area contributed by atoms with E-state index in [-0.39, 0.29) is 5.82 Å². The van der Waals surface area contributed by atoms with Crippen LogP contribution in [0.2, 0.25) is 5.02 Å². The highest BCUT2D eigenvalue weighted by atomic mass is 35.5. The summed E-state index contributed by atoms with van der Waals surface area (Å²) in [6.45, 7) is 5.64. The Kier molecular flexibility index (Phi) is 4.74. The minimum atomic E-state index is -0.231. The van der Waals surface area contributed by atoms with Crippen LogP contribution in [0.15, 0.2) is 24.5 Å². The monoisotopic (exact) mass is 322 g/mol. The van der Waals surface area contributed by atoms with E-state index in [1.54, 1.807) is 12.4 Å². The smallest absolute Gasteiger partial charge is 0.135 e. The number of benzene rings is 1. The second-order valence-corrected chi connectivity index (χ2v) is 6.17. The van der Waals surface area contributed by atoms with Crippen molar-refractivity contribution in [1.82, 2.24) is 19.7 Å². The highest BCUT2D eigenvalue weighted by Crippen LogP contribution is 2.28. The van der Waals surface area contributed by atoms with E-state index in [4.69, 9.17) is 11.6 Å². The third-order valence-electron chi connectivity index (χ3n) is 4.34. The fourth-order valence-corrected chi connectivity index (χ4v) is 3.26. The first-order valence-electron chi connectivity index (χ1n) is 7.71. The van der Waals surface area contributed by atoms with E-state index in [1.165, 1.54) is 12.1 Å². The van der Waals surface area contributed by atoms with Gasteiger partial charge in [-0.3, -0.25) is 4.90 Å². The minimum absolute atomic E-state index is 0.231. The van der Waals surface area contributed by atoms with E-state index in [0.29, 0.717) is 17.5 Å². The van der Waals surface area contributed by atoms with Crippen molar-refractivity contribution in [2.75, 3.05) is 13.1 Å². The van der Waals surface area contributed by atoms with Gasteiger partial charge < -0.3 is 4.57 Å². The molecule has 3 rings (SSSR count). The molecule has 2 aromatic rings. The molecule has 22 heavy (non-hydrogen) atoms. The maximum atomic E-state index is 13.3. The number of hydrogen-bond donors (Lipinski definition) is 0. The molecule has 0 amide bonds. The molecule has 0 aliphatic carbocycles. The summed E-state index contributed by atoms with van der Waals surface area (Å²) in [7, 11) is 0. The summed E-state index contributed by atoms with van der Waals surface area (Å²) < 4.78 is 15.5. The summed E-state index contributed by atoms with van der Waals surface area (Å²) in [6, 6.07) is 4.56. The van der Waals surface area contributed by atoms with E-state index in [2.05, 4.69) is 26.6 Å². The van der Waals surface area contributed by atoms with Crippen molar-refractivity contribution >= 4 is 11.6 Å². The predicted octanol–water partition coefficient (Wildman–Crippen LogP) is 3.47. The minimum Gasteiger partial charge on any atom is -0.318 e. The third kappa shape index (κ3) is 3.31. The van der Waals surface area contributed by atoms with Crippen LogP contribution >= 0.6 is 11.6 Å². The first-order valence-corrected chi connectivity index (χ1v) is 8.09. The number of aromatic nitrogens is 3. The zero-order valence-corrected chi connectivity index (χ0v) is 13.4. The van der Waals surface area contributed by atoms with Crippen LogP contribution < -0.4 is 0 Å². The lowest BCUT2D eigenvalue weighted by atomic mass is 9.95. The lowest BCUT2D eigenvalue weighted by Gasteiger charge is -2.31. The van der Waals surface area contributed by atoms with Crippen molar-refractivity contribution in [1.29, 1.82) is 0 Å². The molecule has 0 bridgehead atoms. The second kappa shape index (κ2) is 6.75. The van der Waals surface area contributed by atoms with Crippen LogP contribution in [0.1, 0.15) is 37.1 Å². The second-order valence-electron chi connectivity index (χ2n) is 5.76. The average molecular weight is 323 g/mol. The van der Waals surface area contributed by atoms with E-state index in [9.17, 15) is 4.39 Å². The fraction of sp³-hybridized carbons (Fsp3) is 0.500. The Balaban J connectivity index is 1.61. The summed E-state index contributed by atoms with van der Waals surface area (Å²) in [4.78, 5) is 2.32. The van der Waals surface area contributed by atoms with Crippen LogP contribution in [0, 0.1) is 5.82 Å². The summed E-state index contributed by atoms with van der Waals surface area (Å²) in [5.74, 6) is 1.32. The van der Waals surface area contributed by atoms with Crippen LogP contribution in [-0.4, -0.2) is 32.8 Å². The van der Waals surface area contributed by atoms with Crippen molar-refractivity contribution in [3.8, 4) is 0 Å². The van der Waals surface area contributed by atoms with Gasteiger partial charge in [0.05, 0.1) is 0 Å². The molecule has 0 atom stereocenters. The van der Waals surface area contributed by atoms with Gasteiger partial charge in [-0.1, -0.05) is 11.6 Å². The van der Waals surface area contributed by atoms with Gasteiger partial charge in [0.15, 0.2) is 0 Å². The van der Waals surface area contributed by atoms with Crippen LogP contribution in [0.3, 0.4) is 0 Å². The summed E-state index contributed by atoms with van der Waals surface area (Å²) in [5, 5.41) is 8.92. The molecule has 1 aliphatic rings. The average Bonchev–Trinajstić information content (AvgIpc) is 3.00. The van der Waals surface area contributed by atoms with Crippen molar-refractivity contribution in [3.63, 3.8) is 0 Å². The number of halogens is 2. The Morgan fingerprint density at radius 3 is 2.82 bits per heavy atom.